The fourth-order valence-electron chi connectivity index (χ4n) is 1.88. The molecule has 1 N–H and O–H groups in total. The van der Waals surface area contributed by atoms with E-state index in [9.17, 15) is 4.79 Å². The summed E-state index contributed by atoms with van der Waals surface area (Å²) in [7, 11) is 3.22. The summed E-state index contributed by atoms with van der Waals surface area (Å²) in [6.45, 7) is 6.09. The van der Waals surface area contributed by atoms with Crippen molar-refractivity contribution in [3.63, 3.8) is 0 Å². The van der Waals surface area contributed by atoms with E-state index < -0.39 is 5.54 Å². The van der Waals surface area contributed by atoms with Crippen LogP contribution in [0.1, 0.15) is 24.5 Å². The predicted molar refractivity (Wildman–Crippen MR) is 80.7 cm³/mol. The van der Waals surface area contributed by atoms with Gasteiger partial charge in [-0.2, -0.15) is 0 Å². The predicted octanol–water partition coefficient (Wildman–Crippen LogP) is 2.94. The van der Waals surface area contributed by atoms with Gasteiger partial charge in [-0.3, -0.25) is 4.79 Å². The molecule has 0 saturated heterocycles. The van der Waals surface area contributed by atoms with E-state index in [1.54, 1.807) is 18.8 Å². The average Bonchev–Trinajstić information content (AvgIpc) is 2.40. The van der Waals surface area contributed by atoms with E-state index in [2.05, 4.69) is 37.4 Å². The standard InChI is InChI=1S/C15H23NO2S/c1-11-6-7-13(12(2)10-11)19-9-8-15(3,16-4)14(17)18-5/h6-7,10,16H,8-9H2,1-5H3. The van der Waals surface area contributed by atoms with Crippen LogP contribution in [0.3, 0.4) is 0 Å². The quantitative estimate of drug-likeness (QED) is 0.643. The molecular formula is C15H23NO2S. The topological polar surface area (TPSA) is 38.3 Å². The normalized spacial score (nSPS) is 13.9. The first kappa shape index (κ1) is 16.1. The van der Waals surface area contributed by atoms with Crippen LogP contribution in [0.25, 0.3) is 0 Å². The minimum Gasteiger partial charge on any atom is -0.468 e. The summed E-state index contributed by atoms with van der Waals surface area (Å²) in [4.78, 5) is 13.0. The largest absolute Gasteiger partial charge is 0.468 e. The van der Waals surface area contributed by atoms with Crippen molar-refractivity contribution in [2.75, 3.05) is 19.9 Å². The molecule has 1 rings (SSSR count). The highest BCUT2D eigenvalue weighted by atomic mass is 32.2. The van der Waals surface area contributed by atoms with Crippen LogP contribution in [-0.4, -0.2) is 31.4 Å². The lowest BCUT2D eigenvalue weighted by Gasteiger charge is -2.25. The van der Waals surface area contributed by atoms with Crippen LogP contribution >= 0.6 is 11.8 Å². The van der Waals surface area contributed by atoms with Crippen LogP contribution < -0.4 is 5.32 Å². The second-order valence-electron chi connectivity index (χ2n) is 4.94. The summed E-state index contributed by atoms with van der Waals surface area (Å²) in [5.74, 6) is 0.660. The number of methoxy groups -OCH3 is 1. The smallest absolute Gasteiger partial charge is 0.325 e. The molecule has 0 fully saturated rings. The van der Waals surface area contributed by atoms with Gasteiger partial charge in [0.05, 0.1) is 7.11 Å². The number of carbonyl (C=O) groups excluding carboxylic acids is 1. The van der Waals surface area contributed by atoms with Gasteiger partial charge in [0, 0.05) is 10.6 Å². The summed E-state index contributed by atoms with van der Waals surface area (Å²) >= 11 is 1.78. The lowest BCUT2D eigenvalue weighted by atomic mass is 10.00. The number of esters is 1. The molecule has 0 bridgehead atoms. The number of hydrogen-bond acceptors (Lipinski definition) is 4. The molecule has 1 aromatic carbocycles. The Morgan fingerprint density at radius 2 is 2.11 bits per heavy atom. The number of rotatable bonds is 6. The first-order chi connectivity index (χ1) is 8.92. The Hall–Kier alpha value is -1.00. The van der Waals surface area contributed by atoms with Gasteiger partial charge in [-0.05, 0) is 45.9 Å². The van der Waals surface area contributed by atoms with Crippen molar-refractivity contribution in [3.8, 4) is 0 Å². The molecule has 0 spiro atoms. The van der Waals surface area contributed by atoms with E-state index in [0.717, 1.165) is 12.2 Å². The van der Waals surface area contributed by atoms with E-state index in [1.165, 1.54) is 23.1 Å². The van der Waals surface area contributed by atoms with E-state index >= 15 is 0 Å². The van der Waals surface area contributed by atoms with Gasteiger partial charge < -0.3 is 10.1 Å². The van der Waals surface area contributed by atoms with Crippen LogP contribution in [0.2, 0.25) is 0 Å². The summed E-state index contributed by atoms with van der Waals surface area (Å²) in [5, 5.41) is 3.05. The van der Waals surface area contributed by atoms with Gasteiger partial charge in [-0.25, -0.2) is 0 Å². The molecule has 1 unspecified atom stereocenters. The Kier molecular flexibility index (Phi) is 5.88. The molecule has 0 aliphatic heterocycles. The van der Waals surface area contributed by atoms with E-state index in [-0.39, 0.29) is 5.97 Å². The molecule has 0 aromatic heterocycles. The van der Waals surface area contributed by atoms with Crippen molar-refractivity contribution in [2.45, 2.75) is 37.6 Å². The Morgan fingerprint density at radius 3 is 2.63 bits per heavy atom. The number of thioether (sulfide) groups is 1. The number of nitrogens with one attached hydrogen (secondary N) is 1. The number of hydrogen-bond donors (Lipinski definition) is 1. The molecule has 1 atom stereocenters. The SMILES string of the molecule is CNC(C)(CCSc1ccc(C)cc1C)C(=O)OC. The number of ether oxygens (including phenoxy) is 1. The van der Waals surface area contributed by atoms with Crippen molar-refractivity contribution >= 4 is 17.7 Å². The van der Waals surface area contributed by atoms with Gasteiger partial charge in [0.15, 0.2) is 0 Å². The van der Waals surface area contributed by atoms with Crippen LogP contribution in [0.4, 0.5) is 0 Å². The number of carbonyl (C=O) groups is 1. The molecule has 4 heteroatoms. The number of likely N-dealkylation sites (N-methyl/N-ethyl adjacent to an activating group) is 1. The summed E-state index contributed by atoms with van der Waals surface area (Å²) < 4.78 is 4.84. The molecule has 0 saturated carbocycles. The molecule has 0 aliphatic carbocycles. The van der Waals surface area contributed by atoms with Crippen molar-refractivity contribution in [1.82, 2.24) is 5.32 Å². The highest BCUT2D eigenvalue weighted by molar-refractivity contribution is 7.99. The van der Waals surface area contributed by atoms with Crippen molar-refractivity contribution < 1.29 is 9.53 Å². The van der Waals surface area contributed by atoms with Gasteiger partial charge in [0.2, 0.25) is 0 Å². The maximum atomic E-state index is 11.7. The van der Waals surface area contributed by atoms with Gasteiger partial charge in [-0.1, -0.05) is 17.7 Å². The molecule has 1 aromatic rings. The Balaban J connectivity index is 2.60. The van der Waals surface area contributed by atoms with Crippen LogP contribution in [0.15, 0.2) is 23.1 Å². The minimum absolute atomic E-state index is 0.212. The Morgan fingerprint density at radius 1 is 1.42 bits per heavy atom. The minimum atomic E-state index is -0.611. The van der Waals surface area contributed by atoms with Crippen LogP contribution in [-0.2, 0) is 9.53 Å². The fraction of sp³-hybridized carbons (Fsp3) is 0.533. The summed E-state index contributed by atoms with van der Waals surface area (Å²) in [6.07, 6.45) is 0.730. The van der Waals surface area contributed by atoms with Gasteiger partial charge in [0.25, 0.3) is 0 Å². The van der Waals surface area contributed by atoms with Crippen LogP contribution in [0.5, 0.6) is 0 Å². The third-order valence-electron chi connectivity index (χ3n) is 3.38. The Labute approximate surface area is 120 Å². The van der Waals surface area contributed by atoms with E-state index in [0.29, 0.717) is 0 Å². The second-order valence-corrected chi connectivity index (χ2v) is 6.08. The summed E-state index contributed by atoms with van der Waals surface area (Å²) in [5.41, 5.74) is 1.95. The summed E-state index contributed by atoms with van der Waals surface area (Å²) in [6, 6.07) is 6.44. The lowest BCUT2D eigenvalue weighted by Crippen LogP contribution is -2.48. The Bertz CT molecular complexity index is 448. The van der Waals surface area contributed by atoms with Crippen molar-refractivity contribution in [2.24, 2.45) is 0 Å². The molecular weight excluding hydrogens is 258 g/mol. The second kappa shape index (κ2) is 6.96. The molecule has 0 aliphatic rings. The zero-order chi connectivity index (χ0) is 14.5. The lowest BCUT2D eigenvalue weighted by molar-refractivity contribution is -0.147. The molecule has 0 amide bonds. The number of benzene rings is 1. The van der Waals surface area contributed by atoms with Crippen molar-refractivity contribution in [1.29, 1.82) is 0 Å². The average molecular weight is 281 g/mol. The van der Waals surface area contributed by atoms with E-state index in [1.807, 2.05) is 6.92 Å². The molecule has 3 nitrogen and oxygen atoms in total. The first-order valence-corrected chi connectivity index (χ1v) is 7.39. The molecule has 106 valence electrons. The van der Waals surface area contributed by atoms with Gasteiger partial charge in [0.1, 0.15) is 5.54 Å². The number of aryl methyl sites for hydroxylation is 2. The highest BCUT2D eigenvalue weighted by Crippen LogP contribution is 2.26. The third kappa shape index (κ3) is 4.25. The maximum Gasteiger partial charge on any atom is 0.325 e. The molecule has 19 heavy (non-hydrogen) atoms. The fourth-order valence-corrected chi connectivity index (χ4v) is 3.06. The van der Waals surface area contributed by atoms with Gasteiger partial charge >= 0.3 is 5.97 Å². The van der Waals surface area contributed by atoms with Gasteiger partial charge in [-0.15, -0.1) is 11.8 Å². The highest BCUT2D eigenvalue weighted by Gasteiger charge is 2.31. The van der Waals surface area contributed by atoms with Crippen LogP contribution in [0, 0.1) is 13.8 Å². The third-order valence-corrected chi connectivity index (χ3v) is 4.56. The maximum absolute atomic E-state index is 11.7. The van der Waals surface area contributed by atoms with E-state index in [4.69, 9.17) is 4.74 Å². The molecule has 0 radical (unpaired) electrons. The zero-order valence-electron chi connectivity index (χ0n) is 12.4. The monoisotopic (exact) mass is 281 g/mol. The first-order valence-electron chi connectivity index (χ1n) is 6.40. The van der Waals surface area contributed by atoms with Crippen molar-refractivity contribution in [3.05, 3.63) is 29.3 Å². The zero-order valence-corrected chi connectivity index (χ0v) is 13.2. The molecule has 0 heterocycles.